The molecule has 0 atom stereocenters. The van der Waals surface area contributed by atoms with Gasteiger partial charge >= 0.3 is 0 Å². The highest BCUT2D eigenvalue weighted by Crippen LogP contribution is 2.27. The Hall–Kier alpha value is -2.79. The van der Waals surface area contributed by atoms with Crippen molar-refractivity contribution < 1.29 is 9.59 Å². The Morgan fingerprint density at radius 1 is 0.871 bits per heavy atom. The molecule has 0 unspecified atom stereocenters. The first-order chi connectivity index (χ1) is 15.2. The van der Waals surface area contributed by atoms with Crippen molar-refractivity contribution in [2.24, 2.45) is 5.92 Å². The van der Waals surface area contributed by atoms with Crippen molar-refractivity contribution in [3.05, 3.63) is 72.3 Å². The molecule has 0 radical (unpaired) electrons. The normalized spacial score (nSPS) is 14.3. The Morgan fingerprint density at radius 2 is 1.61 bits per heavy atom. The van der Waals surface area contributed by atoms with Gasteiger partial charge in [0, 0.05) is 22.5 Å². The summed E-state index contributed by atoms with van der Waals surface area (Å²) in [6.07, 6.45) is 6.29. The number of hydrogen-bond donors (Lipinski definition) is 2. The average molecular weight is 433 g/mol. The fourth-order valence-electron chi connectivity index (χ4n) is 4.15. The van der Waals surface area contributed by atoms with Gasteiger partial charge in [-0.15, -0.1) is 11.8 Å². The van der Waals surface area contributed by atoms with Crippen LogP contribution in [0.25, 0.3) is 10.8 Å². The highest BCUT2D eigenvalue weighted by molar-refractivity contribution is 8.00. The molecule has 3 aromatic carbocycles. The van der Waals surface area contributed by atoms with E-state index in [1.165, 1.54) is 43.9 Å². The molecule has 0 heterocycles. The quantitative estimate of drug-likeness (QED) is 0.458. The van der Waals surface area contributed by atoms with Gasteiger partial charge in [0.2, 0.25) is 5.91 Å². The monoisotopic (exact) mass is 432 g/mol. The standard InChI is InChI=1S/C26H28N2O2S/c29-25(27-17-19-9-2-1-3-10-19)18-31-24-16-7-6-14-22(24)26(30)28-23-15-8-12-20-11-4-5-13-21(20)23/h4-8,11-16,19H,1-3,9-10,17-18H2,(H,27,29)(H,28,30). The summed E-state index contributed by atoms with van der Waals surface area (Å²) in [6, 6.07) is 21.3. The lowest BCUT2D eigenvalue weighted by molar-refractivity contribution is -0.118. The minimum atomic E-state index is -0.165. The van der Waals surface area contributed by atoms with Crippen LogP contribution in [0.15, 0.2) is 71.6 Å². The van der Waals surface area contributed by atoms with Crippen molar-refractivity contribution in [1.82, 2.24) is 5.32 Å². The maximum atomic E-state index is 13.0. The SMILES string of the molecule is O=C(CSc1ccccc1C(=O)Nc1cccc2ccccc12)NCC1CCCCC1. The molecule has 1 saturated carbocycles. The van der Waals surface area contributed by atoms with Crippen LogP contribution in [0.1, 0.15) is 42.5 Å². The summed E-state index contributed by atoms with van der Waals surface area (Å²) < 4.78 is 0. The van der Waals surface area contributed by atoms with Crippen molar-refractivity contribution in [2.45, 2.75) is 37.0 Å². The molecule has 1 fully saturated rings. The summed E-state index contributed by atoms with van der Waals surface area (Å²) >= 11 is 1.41. The first-order valence-corrected chi connectivity index (χ1v) is 12.0. The number of anilines is 1. The topological polar surface area (TPSA) is 58.2 Å². The molecule has 3 aromatic rings. The molecule has 0 aromatic heterocycles. The first kappa shape index (κ1) is 21.4. The van der Waals surface area contributed by atoms with Gasteiger partial charge in [-0.2, -0.15) is 0 Å². The molecule has 160 valence electrons. The molecular formula is C26H28N2O2S. The molecule has 1 aliphatic rings. The number of carbonyl (C=O) groups excluding carboxylic acids is 2. The molecule has 1 aliphatic carbocycles. The van der Waals surface area contributed by atoms with E-state index in [4.69, 9.17) is 0 Å². The van der Waals surface area contributed by atoms with Gasteiger partial charge in [-0.3, -0.25) is 9.59 Å². The molecule has 2 N–H and O–H groups in total. The third kappa shape index (κ3) is 5.67. The van der Waals surface area contributed by atoms with E-state index in [-0.39, 0.29) is 11.8 Å². The lowest BCUT2D eigenvalue weighted by atomic mass is 9.89. The molecule has 0 aliphatic heterocycles. The van der Waals surface area contributed by atoms with Crippen LogP contribution in [0.5, 0.6) is 0 Å². The number of thioether (sulfide) groups is 1. The Kier molecular flexibility index (Phi) is 7.26. The lowest BCUT2D eigenvalue weighted by Gasteiger charge is -2.21. The summed E-state index contributed by atoms with van der Waals surface area (Å²) in [5.41, 5.74) is 1.37. The smallest absolute Gasteiger partial charge is 0.256 e. The Morgan fingerprint density at radius 3 is 2.48 bits per heavy atom. The predicted octanol–water partition coefficient (Wildman–Crippen LogP) is 5.88. The van der Waals surface area contributed by atoms with Crippen LogP contribution in [-0.2, 0) is 4.79 Å². The number of rotatable bonds is 7. The number of benzene rings is 3. The summed E-state index contributed by atoms with van der Waals surface area (Å²) in [5.74, 6) is 0.786. The number of fused-ring (bicyclic) bond motifs is 1. The van der Waals surface area contributed by atoms with E-state index < -0.39 is 0 Å². The van der Waals surface area contributed by atoms with Crippen LogP contribution in [0, 0.1) is 5.92 Å². The highest BCUT2D eigenvalue weighted by Gasteiger charge is 2.16. The van der Waals surface area contributed by atoms with Gasteiger partial charge in [0.15, 0.2) is 0 Å². The van der Waals surface area contributed by atoms with E-state index in [0.717, 1.165) is 27.9 Å². The zero-order valence-corrected chi connectivity index (χ0v) is 18.4. The molecule has 0 bridgehead atoms. The molecule has 0 spiro atoms. The fraction of sp³-hybridized carbons (Fsp3) is 0.308. The van der Waals surface area contributed by atoms with Gasteiger partial charge in [0.1, 0.15) is 0 Å². The molecule has 4 nitrogen and oxygen atoms in total. The second-order valence-electron chi connectivity index (χ2n) is 8.07. The lowest BCUT2D eigenvalue weighted by Crippen LogP contribution is -2.31. The highest BCUT2D eigenvalue weighted by atomic mass is 32.2. The van der Waals surface area contributed by atoms with Crippen molar-refractivity contribution in [1.29, 1.82) is 0 Å². The molecule has 4 rings (SSSR count). The minimum Gasteiger partial charge on any atom is -0.355 e. The van der Waals surface area contributed by atoms with E-state index in [1.54, 1.807) is 0 Å². The average Bonchev–Trinajstić information content (AvgIpc) is 2.82. The van der Waals surface area contributed by atoms with E-state index >= 15 is 0 Å². The Bertz CT molecular complexity index is 1050. The van der Waals surface area contributed by atoms with E-state index in [0.29, 0.717) is 17.2 Å². The predicted molar refractivity (Wildman–Crippen MR) is 129 cm³/mol. The zero-order chi connectivity index (χ0) is 21.5. The maximum absolute atomic E-state index is 13.0. The van der Waals surface area contributed by atoms with Gasteiger partial charge < -0.3 is 10.6 Å². The van der Waals surface area contributed by atoms with Gasteiger partial charge in [-0.05, 0) is 42.3 Å². The van der Waals surface area contributed by atoms with Crippen LogP contribution in [0.2, 0.25) is 0 Å². The van der Waals surface area contributed by atoms with Crippen LogP contribution < -0.4 is 10.6 Å². The van der Waals surface area contributed by atoms with Crippen LogP contribution in [0.3, 0.4) is 0 Å². The molecule has 2 amide bonds. The molecule has 0 saturated heterocycles. The van der Waals surface area contributed by atoms with E-state index in [2.05, 4.69) is 10.6 Å². The summed E-state index contributed by atoms with van der Waals surface area (Å²) in [7, 11) is 0. The number of nitrogens with one attached hydrogen (secondary N) is 2. The Balaban J connectivity index is 1.38. The van der Waals surface area contributed by atoms with Gasteiger partial charge in [-0.25, -0.2) is 0 Å². The van der Waals surface area contributed by atoms with E-state index in [1.807, 2.05) is 66.7 Å². The second kappa shape index (κ2) is 10.5. The van der Waals surface area contributed by atoms with Gasteiger partial charge in [-0.1, -0.05) is 67.8 Å². The van der Waals surface area contributed by atoms with Crippen molar-refractivity contribution in [3.63, 3.8) is 0 Å². The Labute approximate surface area is 187 Å². The van der Waals surface area contributed by atoms with Crippen LogP contribution in [0.4, 0.5) is 5.69 Å². The van der Waals surface area contributed by atoms with Crippen molar-refractivity contribution in [2.75, 3.05) is 17.6 Å². The molecular weight excluding hydrogens is 404 g/mol. The van der Waals surface area contributed by atoms with Crippen LogP contribution >= 0.6 is 11.8 Å². The maximum Gasteiger partial charge on any atom is 0.256 e. The van der Waals surface area contributed by atoms with Gasteiger partial charge in [0.25, 0.3) is 5.91 Å². The van der Waals surface area contributed by atoms with Crippen molar-refractivity contribution in [3.8, 4) is 0 Å². The van der Waals surface area contributed by atoms with Gasteiger partial charge in [0.05, 0.1) is 11.3 Å². The molecule has 31 heavy (non-hydrogen) atoms. The summed E-state index contributed by atoms with van der Waals surface area (Å²) in [5, 5.41) is 8.20. The first-order valence-electron chi connectivity index (χ1n) is 11.0. The summed E-state index contributed by atoms with van der Waals surface area (Å²) in [4.78, 5) is 26.2. The minimum absolute atomic E-state index is 0.0276. The van der Waals surface area contributed by atoms with Crippen LogP contribution in [-0.4, -0.2) is 24.1 Å². The van der Waals surface area contributed by atoms with E-state index in [9.17, 15) is 9.59 Å². The largest absolute Gasteiger partial charge is 0.355 e. The summed E-state index contributed by atoms with van der Waals surface area (Å²) in [6.45, 7) is 0.766. The number of amides is 2. The number of hydrogen-bond acceptors (Lipinski definition) is 3. The number of carbonyl (C=O) groups is 2. The zero-order valence-electron chi connectivity index (χ0n) is 17.6. The third-order valence-electron chi connectivity index (χ3n) is 5.84. The van der Waals surface area contributed by atoms with Crippen molar-refractivity contribution >= 4 is 40.0 Å². The fourth-order valence-corrected chi connectivity index (χ4v) is 5.03. The third-order valence-corrected chi connectivity index (χ3v) is 6.91. The molecule has 5 heteroatoms. The second-order valence-corrected chi connectivity index (χ2v) is 9.09.